The lowest BCUT2D eigenvalue weighted by Gasteiger charge is -2.09. The molecule has 3 N–H and O–H groups in total. The van der Waals surface area contributed by atoms with Crippen LogP contribution in [-0.2, 0) is 15.8 Å². The third-order valence-corrected chi connectivity index (χ3v) is 5.55. The van der Waals surface area contributed by atoms with Crippen LogP contribution < -0.4 is 10.5 Å². The van der Waals surface area contributed by atoms with E-state index in [1.54, 1.807) is 19.1 Å². The molecule has 0 aromatic heterocycles. The van der Waals surface area contributed by atoms with E-state index in [9.17, 15) is 8.42 Å². The normalized spacial score (nSPS) is 11.5. The molecule has 4 nitrogen and oxygen atoms in total. The molecule has 0 atom stereocenters. The van der Waals surface area contributed by atoms with Gasteiger partial charge in [-0.05, 0) is 23.8 Å². The number of nitrogens with one attached hydrogen (secondary N) is 1. The highest BCUT2D eigenvalue weighted by Crippen LogP contribution is 2.30. The minimum atomic E-state index is -3.45. The predicted octanol–water partition coefficient (Wildman–Crippen LogP) is 2.86. The first-order chi connectivity index (χ1) is 10.0. The summed E-state index contributed by atoms with van der Waals surface area (Å²) in [6, 6.07) is 14.8. The van der Waals surface area contributed by atoms with E-state index in [1.165, 1.54) is 23.4 Å². The first-order valence-electron chi connectivity index (χ1n) is 6.59. The number of rotatable bonds is 6. The Bertz CT molecular complexity index is 701. The number of sulfonamides is 1. The number of hydrogen-bond acceptors (Lipinski definition) is 4. The van der Waals surface area contributed by atoms with E-state index in [0.717, 1.165) is 10.6 Å². The molecule has 0 bridgehead atoms. The summed E-state index contributed by atoms with van der Waals surface area (Å²) < 4.78 is 26.5. The number of nitrogens with two attached hydrogens (primary N) is 1. The SMILES string of the molecule is CCNS(=O)(=O)c1ccc(N)c(SCc2ccccc2)c1. The Morgan fingerprint density at radius 1 is 1.14 bits per heavy atom. The summed E-state index contributed by atoms with van der Waals surface area (Å²) in [7, 11) is -3.45. The molecule has 0 saturated heterocycles. The summed E-state index contributed by atoms with van der Waals surface area (Å²) in [6.07, 6.45) is 0. The van der Waals surface area contributed by atoms with Crippen molar-refractivity contribution in [3.63, 3.8) is 0 Å². The molecule has 112 valence electrons. The molecule has 2 rings (SSSR count). The number of benzene rings is 2. The van der Waals surface area contributed by atoms with Crippen LogP contribution in [0.4, 0.5) is 5.69 Å². The van der Waals surface area contributed by atoms with Crippen molar-refractivity contribution in [3.8, 4) is 0 Å². The molecule has 0 aliphatic rings. The van der Waals surface area contributed by atoms with Gasteiger partial charge in [-0.15, -0.1) is 11.8 Å². The molecule has 2 aromatic rings. The number of hydrogen-bond donors (Lipinski definition) is 2. The van der Waals surface area contributed by atoms with E-state index in [1.807, 2.05) is 30.3 Å². The molecule has 0 amide bonds. The Hall–Kier alpha value is -1.50. The van der Waals surface area contributed by atoms with Crippen molar-refractivity contribution in [3.05, 3.63) is 54.1 Å². The van der Waals surface area contributed by atoms with Crippen molar-refractivity contribution in [1.29, 1.82) is 0 Å². The van der Waals surface area contributed by atoms with Gasteiger partial charge in [0.1, 0.15) is 0 Å². The van der Waals surface area contributed by atoms with Crippen molar-refractivity contribution in [2.45, 2.75) is 22.5 Å². The Morgan fingerprint density at radius 3 is 2.52 bits per heavy atom. The molecule has 0 saturated carbocycles. The summed E-state index contributed by atoms with van der Waals surface area (Å²) in [5.41, 5.74) is 7.69. The van der Waals surface area contributed by atoms with Gasteiger partial charge < -0.3 is 5.73 Å². The van der Waals surface area contributed by atoms with Crippen LogP contribution in [0.15, 0.2) is 58.3 Å². The van der Waals surface area contributed by atoms with Crippen LogP contribution in [0.5, 0.6) is 0 Å². The van der Waals surface area contributed by atoms with E-state index in [0.29, 0.717) is 12.2 Å². The summed E-state index contributed by atoms with van der Waals surface area (Å²) in [5, 5.41) is 0. The zero-order valence-corrected chi connectivity index (χ0v) is 13.4. The van der Waals surface area contributed by atoms with Crippen molar-refractivity contribution in [2.24, 2.45) is 0 Å². The van der Waals surface area contributed by atoms with Gasteiger partial charge in [0.25, 0.3) is 0 Å². The topological polar surface area (TPSA) is 72.2 Å². The second-order valence-corrected chi connectivity index (χ2v) is 7.26. The van der Waals surface area contributed by atoms with E-state index in [-0.39, 0.29) is 4.90 Å². The fourth-order valence-electron chi connectivity index (χ4n) is 1.82. The minimum absolute atomic E-state index is 0.245. The number of nitrogen functional groups attached to an aromatic ring is 1. The maximum Gasteiger partial charge on any atom is 0.240 e. The van der Waals surface area contributed by atoms with Gasteiger partial charge in [0.05, 0.1) is 4.90 Å². The lowest BCUT2D eigenvalue weighted by atomic mass is 10.2. The highest BCUT2D eigenvalue weighted by atomic mass is 32.2. The third-order valence-electron chi connectivity index (χ3n) is 2.87. The van der Waals surface area contributed by atoms with Gasteiger partial charge in [-0.3, -0.25) is 0 Å². The van der Waals surface area contributed by atoms with Crippen molar-refractivity contribution >= 4 is 27.5 Å². The van der Waals surface area contributed by atoms with E-state index < -0.39 is 10.0 Å². The van der Waals surface area contributed by atoms with Crippen molar-refractivity contribution in [2.75, 3.05) is 12.3 Å². The van der Waals surface area contributed by atoms with Crippen molar-refractivity contribution in [1.82, 2.24) is 4.72 Å². The van der Waals surface area contributed by atoms with Gasteiger partial charge >= 0.3 is 0 Å². The molecule has 6 heteroatoms. The number of anilines is 1. The molecule has 0 aliphatic heterocycles. The molecule has 0 fully saturated rings. The van der Waals surface area contributed by atoms with E-state index in [2.05, 4.69) is 4.72 Å². The molecular weight excluding hydrogens is 304 g/mol. The first-order valence-corrected chi connectivity index (χ1v) is 9.05. The largest absolute Gasteiger partial charge is 0.398 e. The minimum Gasteiger partial charge on any atom is -0.398 e. The van der Waals surface area contributed by atoms with Gasteiger partial charge in [-0.25, -0.2) is 13.1 Å². The predicted molar refractivity (Wildman–Crippen MR) is 87.7 cm³/mol. The smallest absolute Gasteiger partial charge is 0.240 e. The second-order valence-electron chi connectivity index (χ2n) is 4.48. The highest BCUT2D eigenvalue weighted by Gasteiger charge is 2.14. The van der Waals surface area contributed by atoms with Gasteiger partial charge in [0, 0.05) is 22.9 Å². The van der Waals surface area contributed by atoms with E-state index >= 15 is 0 Å². The van der Waals surface area contributed by atoms with Crippen LogP contribution in [0, 0.1) is 0 Å². The Kier molecular flexibility index (Phi) is 5.27. The van der Waals surface area contributed by atoms with Gasteiger partial charge in [0.2, 0.25) is 10.0 Å². The van der Waals surface area contributed by atoms with Gasteiger partial charge in [-0.2, -0.15) is 0 Å². The number of thioether (sulfide) groups is 1. The third kappa shape index (κ3) is 4.23. The molecule has 0 spiro atoms. The lowest BCUT2D eigenvalue weighted by molar-refractivity contribution is 0.583. The van der Waals surface area contributed by atoms with Crippen LogP contribution in [0.1, 0.15) is 12.5 Å². The molecule has 21 heavy (non-hydrogen) atoms. The van der Waals surface area contributed by atoms with Crippen LogP contribution in [-0.4, -0.2) is 15.0 Å². The van der Waals surface area contributed by atoms with Gasteiger partial charge in [0.15, 0.2) is 0 Å². The summed E-state index contributed by atoms with van der Waals surface area (Å²) in [5.74, 6) is 0.746. The molecule has 2 aromatic carbocycles. The van der Waals surface area contributed by atoms with Crippen LogP contribution in [0.2, 0.25) is 0 Å². The Balaban J connectivity index is 2.20. The van der Waals surface area contributed by atoms with Crippen LogP contribution >= 0.6 is 11.8 Å². The fourth-order valence-corrected chi connectivity index (χ4v) is 3.92. The van der Waals surface area contributed by atoms with Gasteiger partial charge in [-0.1, -0.05) is 37.3 Å². The summed E-state index contributed by atoms with van der Waals surface area (Å²) in [6.45, 7) is 2.11. The average Bonchev–Trinajstić information content (AvgIpc) is 2.47. The van der Waals surface area contributed by atoms with Crippen LogP contribution in [0.3, 0.4) is 0 Å². The maximum absolute atomic E-state index is 12.0. The maximum atomic E-state index is 12.0. The second kappa shape index (κ2) is 6.98. The molecule has 0 aliphatic carbocycles. The Labute approximate surface area is 129 Å². The standard InChI is InChI=1S/C15H18N2O2S2/c1-2-17-21(18,19)13-8-9-14(16)15(10-13)20-11-12-6-4-3-5-7-12/h3-10,17H,2,11,16H2,1H3. The Morgan fingerprint density at radius 2 is 1.86 bits per heavy atom. The van der Waals surface area contributed by atoms with Crippen LogP contribution in [0.25, 0.3) is 0 Å². The lowest BCUT2D eigenvalue weighted by Crippen LogP contribution is -2.23. The zero-order chi connectivity index (χ0) is 15.3. The summed E-state index contributed by atoms with van der Waals surface area (Å²) in [4.78, 5) is 1.02. The van der Waals surface area contributed by atoms with Crippen molar-refractivity contribution < 1.29 is 8.42 Å². The molecular formula is C15H18N2O2S2. The summed E-state index contributed by atoms with van der Waals surface area (Å²) >= 11 is 1.53. The average molecular weight is 322 g/mol. The molecule has 0 heterocycles. The quantitative estimate of drug-likeness (QED) is 0.633. The monoisotopic (exact) mass is 322 g/mol. The fraction of sp³-hybridized carbons (Fsp3) is 0.200. The highest BCUT2D eigenvalue weighted by molar-refractivity contribution is 7.98. The molecule has 0 unspecified atom stereocenters. The zero-order valence-electron chi connectivity index (χ0n) is 11.7. The van der Waals surface area contributed by atoms with E-state index in [4.69, 9.17) is 5.73 Å². The molecule has 0 radical (unpaired) electrons. The first kappa shape index (κ1) is 15.9.